The lowest BCUT2D eigenvalue weighted by Gasteiger charge is -2.36. The summed E-state index contributed by atoms with van der Waals surface area (Å²) in [5, 5.41) is 6.28. The highest BCUT2D eigenvalue weighted by atomic mass is 35.5. The van der Waals surface area contributed by atoms with Gasteiger partial charge in [-0.2, -0.15) is 0 Å². The lowest BCUT2D eigenvalue weighted by molar-refractivity contribution is 0.152. The molecule has 3 aromatic rings. The van der Waals surface area contributed by atoms with Crippen LogP contribution in [0.15, 0.2) is 52.5 Å². The van der Waals surface area contributed by atoms with Crippen molar-refractivity contribution in [3.63, 3.8) is 0 Å². The maximum Gasteiger partial charge on any atom is 0.236 e. The first kappa shape index (κ1) is 15.8. The fraction of sp³-hybridized carbons (Fsp3) is 0.278. The molecule has 1 aliphatic rings. The normalized spacial score (nSPS) is 18.8. The molecule has 1 unspecified atom stereocenters. The van der Waals surface area contributed by atoms with Gasteiger partial charge in [-0.05, 0) is 29.1 Å². The summed E-state index contributed by atoms with van der Waals surface area (Å²) in [7, 11) is 0. The lowest BCUT2D eigenvalue weighted by Crippen LogP contribution is -2.45. The molecule has 1 saturated heterocycles. The topological polar surface area (TPSA) is 41.3 Å². The molecule has 1 aromatic carbocycles. The molecule has 0 aliphatic carbocycles. The highest BCUT2D eigenvalue weighted by Crippen LogP contribution is 2.28. The summed E-state index contributed by atoms with van der Waals surface area (Å²) in [6.45, 7) is 3.63. The number of thiophene rings is 1. The van der Waals surface area contributed by atoms with Gasteiger partial charge in [-0.3, -0.25) is 4.90 Å². The summed E-state index contributed by atoms with van der Waals surface area (Å²) in [5.74, 6) is 0.703. The second-order valence-corrected chi connectivity index (χ2v) is 7.25. The van der Waals surface area contributed by atoms with Crippen molar-refractivity contribution in [2.45, 2.75) is 12.6 Å². The summed E-state index contributed by atoms with van der Waals surface area (Å²) in [4.78, 5) is 8.14. The van der Waals surface area contributed by atoms with Crippen LogP contribution in [0.5, 0.6) is 0 Å². The van der Waals surface area contributed by atoms with Gasteiger partial charge in [0, 0.05) is 37.2 Å². The molecule has 2 aromatic heterocycles. The zero-order chi connectivity index (χ0) is 16.4. The predicted molar refractivity (Wildman–Crippen MR) is 97.3 cm³/mol. The Bertz CT molecular complexity index is 802. The molecule has 6 heteroatoms. The largest absolute Gasteiger partial charge is 0.444 e. The number of rotatable bonds is 4. The van der Waals surface area contributed by atoms with Gasteiger partial charge in [0.05, 0.1) is 10.6 Å². The van der Waals surface area contributed by atoms with Crippen LogP contribution in [-0.2, 0) is 6.54 Å². The molecule has 124 valence electrons. The standard InChI is InChI=1S/C18H18ClN3OS/c19-14-4-1-3-13(9-14)16-10-20-6-7-22(16)11-15-12-23-18(21-15)17-5-2-8-24-17/h1-5,8-9,12,16,20H,6-7,10-11H2. The van der Waals surface area contributed by atoms with E-state index in [0.29, 0.717) is 11.9 Å². The third-order valence-electron chi connectivity index (χ3n) is 4.24. The minimum atomic E-state index is 0.291. The van der Waals surface area contributed by atoms with Gasteiger partial charge < -0.3 is 9.73 Å². The number of aromatic nitrogens is 1. The highest BCUT2D eigenvalue weighted by molar-refractivity contribution is 7.13. The van der Waals surface area contributed by atoms with Crippen LogP contribution in [0.1, 0.15) is 17.3 Å². The van der Waals surface area contributed by atoms with Crippen molar-refractivity contribution < 1.29 is 4.42 Å². The van der Waals surface area contributed by atoms with Crippen molar-refractivity contribution in [2.75, 3.05) is 19.6 Å². The Morgan fingerprint density at radius 1 is 1.33 bits per heavy atom. The van der Waals surface area contributed by atoms with Gasteiger partial charge >= 0.3 is 0 Å². The molecule has 4 nitrogen and oxygen atoms in total. The molecular formula is C18H18ClN3OS. The second-order valence-electron chi connectivity index (χ2n) is 5.87. The SMILES string of the molecule is Clc1cccc(C2CNCCN2Cc2coc(-c3cccs3)n2)c1. The first-order chi connectivity index (χ1) is 11.8. The third kappa shape index (κ3) is 3.39. The van der Waals surface area contributed by atoms with Crippen LogP contribution in [0.2, 0.25) is 5.02 Å². The van der Waals surface area contributed by atoms with E-state index in [4.69, 9.17) is 16.0 Å². The Morgan fingerprint density at radius 2 is 2.29 bits per heavy atom. The van der Waals surface area contributed by atoms with Crippen molar-refractivity contribution in [3.05, 3.63) is 64.3 Å². The molecular weight excluding hydrogens is 342 g/mol. The first-order valence-corrected chi connectivity index (χ1v) is 9.24. The van der Waals surface area contributed by atoms with E-state index in [9.17, 15) is 0 Å². The number of halogens is 1. The van der Waals surface area contributed by atoms with Crippen LogP contribution in [0, 0.1) is 0 Å². The Hall–Kier alpha value is -1.66. The summed E-state index contributed by atoms with van der Waals surface area (Å²) < 4.78 is 5.65. The van der Waals surface area contributed by atoms with Crippen molar-refractivity contribution in [1.29, 1.82) is 0 Å². The molecule has 0 bridgehead atoms. The molecule has 1 N–H and O–H groups in total. The fourth-order valence-corrected chi connectivity index (χ4v) is 3.93. The Kier molecular flexibility index (Phi) is 4.67. The smallest absolute Gasteiger partial charge is 0.236 e. The third-order valence-corrected chi connectivity index (χ3v) is 5.33. The maximum absolute atomic E-state index is 6.17. The molecule has 1 atom stereocenters. The summed E-state index contributed by atoms with van der Waals surface area (Å²) in [6, 6.07) is 12.4. The molecule has 1 fully saturated rings. The molecule has 0 amide bonds. The maximum atomic E-state index is 6.17. The first-order valence-electron chi connectivity index (χ1n) is 7.98. The van der Waals surface area contributed by atoms with Crippen molar-refractivity contribution in [1.82, 2.24) is 15.2 Å². The van der Waals surface area contributed by atoms with E-state index in [1.165, 1.54) is 5.56 Å². The number of nitrogens with one attached hydrogen (secondary N) is 1. The van der Waals surface area contributed by atoms with Crippen LogP contribution < -0.4 is 5.32 Å². The number of nitrogens with zero attached hydrogens (tertiary/aromatic N) is 2. The van der Waals surface area contributed by atoms with Gasteiger partial charge in [0.15, 0.2) is 0 Å². The highest BCUT2D eigenvalue weighted by Gasteiger charge is 2.25. The van der Waals surface area contributed by atoms with E-state index in [-0.39, 0.29) is 0 Å². The number of benzene rings is 1. The summed E-state index contributed by atoms with van der Waals surface area (Å²) in [6.07, 6.45) is 1.77. The van der Waals surface area contributed by atoms with E-state index in [2.05, 4.69) is 21.3 Å². The van der Waals surface area contributed by atoms with Gasteiger partial charge in [-0.25, -0.2) is 4.98 Å². The summed E-state index contributed by atoms with van der Waals surface area (Å²) in [5.41, 5.74) is 2.20. The molecule has 1 aliphatic heterocycles. The van der Waals surface area contributed by atoms with Crippen molar-refractivity contribution >= 4 is 22.9 Å². The van der Waals surface area contributed by atoms with Gasteiger partial charge in [-0.1, -0.05) is 29.8 Å². The number of oxazole rings is 1. The Labute approximate surface area is 150 Å². The molecule has 0 spiro atoms. The molecule has 3 heterocycles. The molecule has 0 radical (unpaired) electrons. The zero-order valence-corrected chi connectivity index (χ0v) is 14.7. The molecule has 24 heavy (non-hydrogen) atoms. The van der Waals surface area contributed by atoms with Crippen molar-refractivity contribution in [2.24, 2.45) is 0 Å². The summed E-state index contributed by atoms with van der Waals surface area (Å²) >= 11 is 7.81. The molecule has 4 rings (SSSR count). The average Bonchev–Trinajstić information content (AvgIpc) is 3.26. The van der Waals surface area contributed by atoms with Gasteiger partial charge in [-0.15, -0.1) is 11.3 Å². The minimum absolute atomic E-state index is 0.291. The van der Waals surface area contributed by atoms with Crippen molar-refractivity contribution in [3.8, 4) is 10.8 Å². The van der Waals surface area contributed by atoms with Gasteiger partial charge in [0.1, 0.15) is 6.26 Å². The van der Waals surface area contributed by atoms with E-state index in [1.807, 2.05) is 35.7 Å². The van der Waals surface area contributed by atoms with E-state index >= 15 is 0 Å². The number of hydrogen-bond donors (Lipinski definition) is 1. The second kappa shape index (κ2) is 7.07. The van der Waals surface area contributed by atoms with Crippen LogP contribution in [0.3, 0.4) is 0 Å². The number of piperazine rings is 1. The van der Waals surface area contributed by atoms with Crippen LogP contribution >= 0.6 is 22.9 Å². The number of hydrogen-bond acceptors (Lipinski definition) is 5. The molecule has 0 saturated carbocycles. The van der Waals surface area contributed by atoms with Crippen LogP contribution in [0.4, 0.5) is 0 Å². The van der Waals surface area contributed by atoms with E-state index in [0.717, 1.165) is 41.8 Å². The van der Waals surface area contributed by atoms with Crippen LogP contribution in [0.25, 0.3) is 10.8 Å². The minimum Gasteiger partial charge on any atom is -0.444 e. The van der Waals surface area contributed by atoms with Crippen LogP contribution in [-0.4, -0.2) is 29.5 Å². The van der Waals surface area contributed by atoms with Gasteiger partial charge in [0.25, 0.3) is 0 Å². The lowest BCUT2D eigenvalue weighted by atomic mass is 10.0. The predicted octanol–water partition coefficient (Wildman–Crippen LogP) is 4.20. The van der Waals surface area contributed by atoms with E-state index < -0.39 is 0 Å². The Balaban J connectivity index is 1.53. The average molecular weight is 360 g/mol. The zero-order valence-electron chi connectivity index (χ0n) is 13.1. The fourth-order valence-electron chi connectivity index (χ4n) is 3.08. The Morgan fingerprint density at radius 3 is 3.12 bits per heavy atom. The monoisotopic (exact) mass is 359 g/mol. The van der Waals surface area contributed by atoms with E-state index in [1.54, 1.807) is 17.6 Å². The van der Waals surface area contributed by atoms with Gasteiger partial charge in [0.2, 0.25) is 5.89 Å². The quantitative estimate of drug-likeness (QED) is 0.757.